The van der Waals surface area contributed by atoms with Crippen molar-refractivity contribution in [2.45, 2.75) is 62.9 Å². The highest BCUT2D eigenvalue weighted by molar-refractivity contribution is 7.92. The van der Waals surface area contributed by atoms with Gasteiger partial charge in [-0.05, 0) is 55.2 Å². The highest BCUT2D eigenvalue weighted by atomic mass is 35.5. The van der Waals surface area contributed by atoms with E-state index >= 15 is 0 Å². The van der Waals surface area contributed by atoms with Gasteiger partial charge in [0, 0.05) is 17.6 Å². The van der Waals surface area contributed by atoms with Crippen molar-refractivity contribution in [3.63, 3.8) is 0 Å². The van der Waals surface area contributed by atoms with E-state index in [1.54, 1.807) is 18.2 Å². The first-order valence-electron chi connectivity index (χ1n) is 11.6. The topological polar surface area (TPSA) is 124 Å². The van der Waals surface area contributed by atoms with Gasteiger partial charge in [-0.1, -0.05) is 43.7 Å². The van der Waals surface area contributed by atoms with Crippen LogP contribution in [-0.2, 0) is 16.6 Å². The fraction of sp³-hybridized carbons (Fsp3) is 0.417. The Kier molecular flexibility index (Phi) is 7.63. The third-order valence-electron chi connectivity index (χ3n) is 6.45. The lowest BCUT2D eigenvalue weighted by molar-refractivity contribution is 0.305. The van der Waals surface area contributed by atoms with Crippen LogP contribution in [0.1, 0.15) is 51.0 Å². The number of sulfonamides is 1. The zero-order valence-corrected chi connectivity index (χ0v) is 20.9. The van der Waals surface area contributed by atoms with E-state index in [2.05, 4.69) is 21.9 Å². The molecule has 0 radical (unpaired) electrons. The number of H-pyrrole nitrogens is 2. The molecule has 4 rings (SSSR count). The number of halogens is 2. The average Bonchev–Trinajstić information content (AvgIpc) is 2.80. The molecule has 0 spiro atoms. The Morgan fingerprint density at radius 3 is 2.60 bits per heavy atom. The fourth-order valence-corrected chi connectivity index (χ4v) is 5.99. The van der Waals surface area contributed by atoms with E-state index in [1.807, 2.05) is 4.98 Å². The molecule has 35 heavy (non-hydrogen) atoms. The molecule has 1 heterocycles. The minimum absolute atomic E-state index is 0.241. The Hall–Kier alpha value is -2.69. The van der Waals surface area contributed by atoms with E-state index in [-0.39, 0.29) is 16.9 Å². The molecule has 0 amide bonds. The van der Waals surface area contributed by atoms with Crippen molar-refractivity contribution in [1.82, 2.24) is 15.3 Å². The van der Waals surface area contributed by atoms with E-state index in [1.165, 1.54) is 32.1 Å². The van der Waals surface area contributed by atoms with Crippen molar-refractivity contribution in [1.29, 1.82) is 0 Å². The molecule has 0 aliphatic heterocycles. The Morgan fingerprint density at radius 1 is 1.11 bits per heavy atom. The molecule has 2 aromatic carbocycles. The fourth-order valence-electron chi connectivity index (χ4n) is 4.66. The maximum Gasteiger partial charge on any atom is 0.326 e. The molecule has 0 unspecified atom stereocenters. The van der Waals surface area contributed by atoms with Crippen LogP contribution in [-0.4, -0.2) is 24.4 Å². The molecule has 0 saturated heterocycles. The first kappa shape index (κ1) is 25.4. The second-order valence-electron chi connectivity index (χ2n) is 9.16. The third kappa shape index (κ3) is 6.12. The van der Waals surface area contributed by atoms with Crippen LogP contribution in [0.15, 0.2) is 44.8 Å². The van der Waals surface area contributed by atoms with Crippen LogP contribution in [0.2, 0.25) is 5.02 Å². The number of aromatic amines is 2. The smallest absolute Gasteiger partial charge is 0.310 e. The molecule has 1 aromatic heterocycles. The first-order chi connectivity index (χ1) is 16.6. The van der Waals surface area contributed by atoms with E-state index < -0.39 is 32.0 Å². The van der Waals surface area contributed by atoms with Gasteiger partial charge < -0.3 is 10.3 Å². The first-order valence-corrected chi connectivity index (χ1v) is 13.5. The molecule has 11 heteroatoms. The zero-order chi connectivity index (χ0) is 25.2. The molecular formula is C24H28ClFN4O4S. The van der Waals surface area contributed by atoms with Crippen molar-refractivity contribution in [3.8, 4) is 0 Å². The van der Waals surface area contributed by atoms with Crippen molar-refractivity contribution in [2.24, 2.45) is 5.92 Å². The quantitative estimate of drug-likeness (QED) is 0.352. The largest absolute Gasteiger partial charge is 0.326 e. The molecule has 1 aliphatic carbocycles. The Bertz CT molecular complexity index is 1450. The summed E-state index contributed by atoms with van der Waals surface area (Å²) < 4.78 is 43.2. The standard InChI is InChI=1S/C24H28ClFN4O4S/c1-14(9-15-5-3-2-4-6-15)27-13-16-10-17(25)7-8-21(16)30-35(33,34)18-11-19-22(20(26)12-18)28-24(32)29-23(19)31/h7-8,10-12,14-15,27,30H,2-6,9,13H2,1H3,(H2,28,29,31,32)/t14-/m0/s1. The molecule has 3 aromatic rings. The van der Waals surface area contributed by atoms with Gasteiger partial charge in [0.05, 0.1) is 21.5 Å². The van der Waals surface area contributed by atoms with Crippen molar-refractivity contribution >= 4 is 38.2 Å². The summed E-state index contributed by atoms with van der Waals surface area (Å²) >= 11 is 6.17. The van der Waals surface area contributed by atoms with Crippen LogP contribution in [0.4, 0.5) is 10.1 Å². The SMILES string of the molecule is C[C@@H](CC1CCCCC1)NCc1cc(Cl)ccc1NS(=O)(=O)c1cc(F)c2[nH]c(=O)[nH]c(=O)c2c1. The predicted molar refractivity (Wildman–Crippen MR) is 135 cm³/mol. The summed E-state index contributed by atoms with van der Waals surface area (Å²) in [6.07, 6.45) is 7.39. The van der Waals surface area contributed by atoms with Gasteiger partial charge >= 0.3 is 5.69 Å². The monoisotopic (exact) mass is 522 g/mol. The molecule has 8 nitrogen and oxygen atoms in total. The van der Waals surface area contributed by atoms with Gasteiger partial charge in [0.25, 0.3) is 15.6 Å². The van der Waals surface area contributed by atoms with Crippen LogP contribution in [0.3, 0.4) is 0 Å². The Labute approximate surface area is 207 Å². The van der Waals surface area contributed by atoms with E-state index in [4.69, 9.17) is 11.6 Å². The summed E-state index contributed by atoms with van der Waals surface area (Å²) in [6, 6.07) is 6.81. The summed E-state index contributed by atoms with van der Waals surface area (Å²) in [5.74, 6) is -0.329. The van der Waals surface area contributed by atoms with Gasteiger partial charge in [0.1, 0.15) is 5.82 Å². The number of fused-ring (bicyclic) bond motifs is 1. The maximum absolute atomic E-state index is 14.6. The predicted octanol–water partition coefficient (Wildman–Crippen LogP) is 4.26. The Morgan fingerprint density at radius 2 is 1.86 bits per heavy atom. The molecule has 1 fully saturated rings. The van der Waals surface area contributed by atoms with Crippen LogP contribution in [0, 0.1) is 11.7 Å². The second-order valence-corrected chi connectivity index (χ2v) is 11.3. The van der Waals surface area contributed by atoms with E-state index in [9.17, 15) is 22.4 Å². The second kappa shape index (κ2) is 10.5. The van der Waals surface area contributed by atoms with E-state index in [0.717, 1.165) is 18.6 Å². The molecule has 1 aliphatic rings. The van der Waals surface area contributed by atoms with Crippen molar-refractivity contribution in [2.75, 3.05) is 4.72 Å². The minimum atomic E-state index is -4.26. The van der Waals surface area contributed by atoms with Crippen molar-refractivity contribution < 1.29 is 12.8 Å². The Balaban J connectivity index is 1.55. The normalized spacial score (nSPS) is 15.9. The lowest BCUT2D eigenvalue weighted by Crippen LogP contribution is -2.29. The number of aromatic nitrogens is 2. The van der Waals surface area contributed by atoms with Crippen LogP contribution < -0.4 is 21.3 Å². The molecule has 1 saturated carbocycles. The van der Waals surface area contributed by atoms with E-state index in [0.29, 0.717) is 28.7 Å². The summed E-state index contributed by atoms with van der Waals surface area (Å²) in [5.41, 5.74) is -1.20. The number of hydrogen-bond donors (Lipinski definition) is 4. The number of rotatable bonds is 8. The number of nitrogens with one attached hydrogen (secondary N) is 4. The van der Waals surface area contributed by atoms with Gasteiger partial charge in [-0.25, -0.2) is 17.6 Å². The van der Waals surface area contributed by atoms with Gasteiger partial charge in [-0.15, -0.1) is 0 Å². The average molecular weight is 523 g/mol. The molecule has 188 valence electrons. The molecule has 1 atom stereocenters. The summed E-state index contributed by atoms with van der Waals surface area (Å²) in [4.78, 5) is 27.2. The van der Waals surface area contributed by atoms with Gasteiger partial charge in [0.15, 0.2) is 0 Å². The lowest BCUT2D eigenvalue weighted by atomic mass is 9.85. The summed E-state index contributed by atoms with van der Waals surface area (Å²) in [5, 5.41) is 3.63. The molecular weight excluding hydrogens is 495 g/mol. The van der Waals surface area contributed by atoms with Gasteiger partial charge in [0.2, 0.25) is 0 Å². The third-order valence-corrected chi connectivity index (χ3v) is 8.03. The summed E-state index contributed by atoms with van der Waals surface area (Å²) in [6.45, 7) is 2.50. The number of anilines is 1. The maximum atomic E-state index is 14.6. The highest BCUT2D eigenvalue weighted by Gasteiger charge is 2.21. The lowest BCUT2D eigenvalue weighted by Gasteiger charge is -2.25. The number of benzene rings is 2. The highest BCUT2D eigenvalue weighted by Crippen LogP contribution is 2.28. The van der Waals surface area contributed by atoms with Gasteiger partial charge in [-0.3, -0.25) is 14.5 Å². The zero-order valence-electron chi connectivity index (χ0n) is 19.3. The van der Waals surface area contributed by atoms with Crippen LogP contribution in [0.25, 0.3) is 10.9 Å². The van der Waals surface area contributed by atoms with Gasteiger partial charge in [-0.2, -0.15) is 0 Å². The minimum Gasteiger partial charge on any atom is -0.310 e. The van der Waals surface area contributed by atoms with Crippen LogP contribution >= 0.6 is 11.6 Å². The van der Waals surface area contributed by atoms with Crippen molar-refractivity contribution in [3.05, 3.63) is 67.6 Å². The number of hydrogen-bond acceptors (Lipinski definition) is 5. The molecule has 0 bridgehead atoms. The summed E-state index contributed by atoms with van der Waals surface area (Å²) in [7, 11) is -4.26. The van der Waals surface area contributed by atoms with Crippen LogP contribution in [0.5, 0.6) is 0 Å². The molecule has 4 N–H and O–H groups in total.